The molecule has 0 spiro atoms. The van der Waals surface area contributed by atoms with E-state index in [0.29, 0.717) is 5.56 Å². The quantitative estimate of drug-likeness (QED) is 0.401. The zero-order valence-corrected chi connectivity index (χ0v) is 7.68. The van der Waals surface area contributed by atoms with E-state index in [1.165, 1.54) is 20.1 Å². The van der Waals surface area contributed by atoms with Crippen molar-refractivity contribution in [2.45, 2.75) is 6.92 Å². The third-order valence-electron chi connectivity index (χ3n) is 1.64. The number of ether oxygens (including phenoxy) is 1. The van der Waals surface area contributed by atoms with Crippen molar-refractivity contribution in [3.8, 4) is 0 Å². The van der Waals surface area contributed by atoms with Gasteiger partial charge >= 0.3 is 11.8 Å². The number of aromatic nitrogens is 1. The first-order valence-corrected chi connectivity index (χ1v) is 3.75. The Morgan fingerprint density at radius 3 is 2.71 bits per heavy atom. The van der Waals surface area contributed by atoms with Crippen LogP contribution in [0, 0.1) is 17.0 Å². The molecule has 0 aliphatic rings. The van der Waals surface area contributed by atoms with E-state index in [0.717, 1.165) is 6.20 Å². The molecule has 6 heteroatoms. The molecule has 0 radical (unpaired) electrons. The summed E-state index contributed by atoms with van der Waals surface area (Å²) in [5.41, 5.74) is 0.536. The van der Waals surface area contributed by atoms with Crippen molar-refractivity contribution in [2.75, 3.05) is 7.11 Å². The summed E-state index contributed by atoms with van der Waals surface area (Å²) >= 11 is 0. The van der Waals surface area contributed by atoms with Gasteiger partial charge in [-0.25, -0.2) is 4.79 Å². The SMILES string of the molecule is COC(=O)c1cnc([N+](=O)[O-])c(C)c1. The first-order chi connectivity index (χ1) is 6.56. The Bertz CT molecular complexity index is 389. The van der Waals surface area contributed by atoms with Crippen LogP contribution in [0.3, 0.4) is 0 Å². The Balaban J connectivity index is 3.12. The molecule has 0 fully saturated rings. The number of rotatable bonds is 2. The second-order valence-corrected chi connectivity index (χ2v) is 2.61. The highest BCUT2D eigenvalue weighted by atomic mass is 16.6. The van der Waals surface area contributed by atoms with Gasteiger partial charge in [-0.1, -0.05) is 0 Å². The second-order valence-electron chi connectivity index (χ2n) is 2.61. The lowest BCUT2D eigenvalue weighted by molar-refractivity contribution is -0.390. The van der Waals surface area contributed by atoms with Crippen LogP contribution >= 0.6 is 0 Å². The van der Waals surface area contributed by atoms with E-state index >= 15 is 0 Å². The number of nitro groups is 1. The van der Waals surface area contributed by atoms with E-state index in [9.17, 15) is 14.9 Å². The van der Waals surface area contributed by atoms with E-state index in [1.54, 1.807) is 0 Å². The minimum atomic E-state index is -0.601. The maximum atomic E-state index is 11.0. The molecular formula is C8H8N2O4. The van der Waals surface area contributed by atoms with Crippen LogP contribution in [0.5, 0.6) is 0 Å². The molecule has 1 heterocycles. The molecule has 0 amide bonds. The van der Waals surface area contributed by atoms with Crippen molar-refractivity contribution < 1.29 is 14.5 Å². The first kappa shape index (κ1) is 10.1. The molecule has 0 aliphatic carbocycles. The van der Waals surface area contributed by atoms with Crippen LogP contribution in [0.1, 0.15) is 15.9 Å². The number of carbonyl (C=O) groups is 1. The average Bonchev–Trinajstić information content (AvgIpc) is 2.15. The Kier molecular flexibility index (Phi) is 2.76. The van der Waals surface area contributed by atoms with Crippen LogP contribution in [0.25, 0.3) is 0 Å². The van der Waals surface area contributed by atoms with Crippen molar-refractivity contribution >= 4 is 11.8 Å². The first-order valence-electron chi connectivity index (χ1n) is 3.75. The summed E-state index contributed by atoms with van der Waals surface area (Å²) < 4.78 is 4.44. The van der Waals surface area contributed by atoms with Crippen LogP contribution in [-0.2, 0) is 4.74 Å². The normalized spacial score (nSPS) is 9.57. The number of methoxy groups -OCH3 is 1. The monoisotopic (exact) mass is 196 g/mol. The highest BCUT2D eigenvalue weighted by Gasteiger charge is 2.16. The van der Waals surface area contributed by atoms with Gasteiger partial charge in [0.15, 0.2) is 6.20 Å². The smallest absolute Gasteiger partial charge is 0.366 e. The fourth-order valence-electron chi connectivity index (χ4n) is 0.988. The van der Waals surface area contributed by atoms with Gasteiger partial charge in [0, 0.05) is 5.56 Å². The van der Waals surface area contributed by atoms with Gasteiger partial charge in [-0.05, 0) is 22.9 Å². The van der Waals surface area contributed by atoms with Gasteiger partial charge in [0.05, 0.1) is 7.11 Å². The zero-order chi connectivity index (χ0) is 10.7. The number of carbonyl (C=O) groups excluding carboxylic acids is 1. The van der Waals surface area contributed by atoms with Gasteiger partial charge in [-0.15, -0.1) is 0 Å². The van der Waals surface area contributed by atoms with Crippen molar-refractivity contribution in [2.24, 2.45) is 0 Å². The second kappa shape index (κ2) is 3.82. The molecule has 6 nitrogen and oxygen atoms in total. The molecule has 0 saturated carbocycles. The van der Waals surface area contributed by atoms with Crippen molar-refractivity contribution in [3.63, 3.8) is 0 Å². The van der Waals surface area contributed by atoms with Crippen molar-refractivity contribution in [1.82, 2.24) is 4.98 Å². The molecule has 0 aromatic carbocycles. The number of hydrogen-bond donors (Lipinski definition) is 0. The number of esters is 1. The van der Waals surface area contributed by atoms with Crippen LogP contribution in [0.15, 0.2) is 12.3 Å². The molecule has 1 aromatic rings. The molecule has 74 valence electrons. The highest BCUT2D eigenvalue weighted by molar-refractivity contribution is 5.89. The topological polar surface area (TPSA) is 82.3 Å². The van der Waals surface area contributed by atoms with Crippen molar-refractivity contribution in [1.29, 1.82) is 0 Å². The third kappa shape index (κ3) is 1.85. The average molecular weight is 196 g/mol. The predicted molar refractivity (Wildman–Crippen MR) is 47.0 cm³/mol. The summed E-state index contributed by atoms with van der Waals surface area (Å²) in [4.78, 5) is 24.4. The van der Waals surface area contributed by atoms with Gasteiger partial charge in [-0.3, -0.25) is 0 Å². The summed E-state index contributed by atoms with van der Waals surface area (Å²) in [5, 5.41) is 10.4. The lowest BCUT2D eigenvalue weighted by Gasteiger charge is -1.99. The fourth-order valence-corrected chi connectivity index (χ4v) is 0.988. The molecule has 0 bridgehead atoms. The molecule has 0 atom stereocenters. The molecule has 1 rings (SSSR count). The van der Waals surface area contributed by atoms with E-state index in [4.69, 9.17) is 0 Å². The largest absolute Gasteiger partial charge is 0.465 e. The molecular weight excluding hydrogens is 188 g/mol. The summed E-state index contributed by atoms with van der Waals surface area (Å²) in [5.74, 6) is -0.812. The Labute approximate surface area is 79.7 Å². The summed E-state index contributed by atoms with van der Waals surface area (Å²) in [6.45, 7) is 1.51. The minimum absolute atomic E-state index is 0.204. The van der Waals surface area contributed by atoms with E-state index in [1.807, 2.05) is 0 Å². The molecule has 0 N–H and O–H groups in total. The van der Waals surface area contributed by atoms with Crippen molar-refractivity contribution in [3.05, 3.63) is 33.5 Å². The lowest BCUT2D eigenvalue weighted by atomic mass is 10.2. The number of aryl methyl sites for hydroxylation is 1. The predicted octanol–water partition coefficient (Wildman–Crippen LogP) is 1.08. The van der Waals surface area contributed by atoms with Gasteiger partial charge < -0.3 is 14.9 Å². The van der Waals surface area contributed by atoms with Crippen LogP contribution in [0.4, 0.5) is 5.82 Å². The standard InChI is InChI=1S/C8H8N2O4/c1-5-3-6(8(11)14-2)4-9-7(5)10(12)13/h3-4H,1-2H3. The van der Waals surface area contributed by atoms with Crippen LogP contribution in [0.2, 0.25) is 0 Å². The van der Waals surface area contributed by atoms with Gasteiger partial charge in [0.25, 0.3) is 0 Å². The molecule has 1 aromatic heterocycles. The fraction of sp³-hybridized carbons (Fsp3) is 0.250. The maximum absolute atomic E-state index is 11.0. The Hall–Kier alpha value is -1.98. The minimum Gasteiger partial charge on any atom is -0.465 e. The number of hydrogen-bond acceptors (Lipinski definition) is 5. The van der Waals surface area contributed by atoms with Crippen LogP contribution < -0.4 is 0 Å². The summed E-state index contributed by atoms with van der Waals surface area (Å²) in [6.07, 6.45) is 1.12. The zero-order valence-electron chi connectivity index (χ0n) is 7.68. The Morgan fingerprint density at radius 2 is 2.29 bits per heavy atom. The highest BCUT2D eigenvalue weighted by Crippen LogP contribution is 2.15. The lowest BCUT2D eigenvalue weighted by Crippen LogP contribution is -2.04. The molecule has 0 saturated heterocycles. The molecule has 0 unspecified atom stereocenters. The van der Waals surface area contributed by atoms with E-state index in [2.05, 4.69) is 9.72 Å². The van der Waals surface area contributed by atoms with E-state index in [-0.39, 0.29) is 11.4 Å². The molecule has 14 heavy (non-hydrogen) atoms. The number of nitrogens with zero attached hydrogens (tertiary/aromatic N) is 2. The van der Waals surface area contributed by atoms with E-state index < -0.39 is 10.9 Å². The van der Waals surface area contributed by atoms with Crippen LogP contribution in [-0.4, -0.2) is 23.0 Å². The number of pyridine rings is 1. The maximum Gasteiger partial charge on any atom is 0.366 e. The van der Waals surface area contributed by atoms with Gasteiger partial charge in [0.2, 0.25) is 0 Å². The van der Waals surface area contributed by atoms with Gasteiger partial charge in [-0.2, -0.15) is 0 Å². The third-order valence-corrected chi connectivity index (χ3v) is 1.64. The van der Waals surface area contributed by atoms with Gasteiger partial charge in [0.1, 0.15) is 5.56 Å². The summed E-state index contributed by atoms with van der Waals surface area (Å²) in [6, 6.07) is 1.37. The summed E-state index contributed by atoms with van der Waals surface area (Å²) in [7, 11) is 1.24. The molecule has 0 aliphatic heterocycles. The Morgan fingerprint density at radius 1 is 1.64 bits per heavy atom.